The van der Waals surface area contributed by atoms with Gasteiger partial charge in [-0.05, 0) is 56.3 Å². The number of benzene rings is 2. The lowest BCUT2D eigenvalue weighted by Crippen LogP contribution is -2.40. The van der Waals surface area contributed by atoms with E-state index in [4.69, 9.17) is 5.14 Å². The highest BCUT2D eigenvalue weighted by atomic mass is 32.2. The lowest BCUT2D eigenvalue weighted by atomic mass is 9.96. The van der Waals surface area contributed by atoms with Crippen molar-refractivity contribution in [1.82, 2.24) is 9.88 Å². The number of fused-ring (bicyclic) bond motifs is 1. The Balaban J connectivity index is 1.27. The molecule has 34 heavy (non-hydrogen) atoms. The molecule has 1 aromatic heterocycles. The Hall–Kier alpha value is -3.61. The molecule has 0 spiro atoms. The summed E-state index contributed by atoms with van der Waals surface area (Å²) in [5.74, 6) is -1.05. The fourth-order valence-corrected chi connectivity index (χ4v) is 4.38. The molecule has 2 heterocycles. The Morgan fingerprint density at radius 1 is 1.12 bits per heavy atom. The van der Waals surface area contributed by atoms with Gasteiger partial charge in [-0.15, -0.1) is 10.2 Å². The third-order valence-electron chi connectivity index (χ3n) is 5.68. The van der Waals surface area contributed by atoms with Crippen LogP contribution in [0.1, 0.15) is 12.8 Å². The molecule has 3 aromatic rings. The summed E-state index contributed by atoms with van der Waals surface area (Å²) in [7, 11) is -3.79. The van der Waals surface area contributed by atoms with Crippen molar-refractivity contribution in [2.45, 2.75) is 17.7 Å². The maximum atomic E-state index is 12.5. The van der Waals surface area contributed by atoms with Crippen LogP contribution >= 0.6 is 0 Å². The number of H-pyrrole nitrogens is 1. The van der Waals surface area contributed by atoms with Gasteiger partial charge in [0.25, 0.3) is 5.91 Å². The van der Waals surface area contributed by atoms with Crippen molar-refractivity contribution in [3.8, 4) is 5.88 Å². The van der Waals surface area contributed by atoms with E-state index in [0.29, 0.717) is 42.5 Å². The molecule has 1 aliphatic rings. The molecular formula is C22H24N6O5S. The molecule has 0 unspecified atom stereocenters. The van der Waals surface area contributed by atoms with Gasteiger partial charge in [0.05, 0.1) is 17.0 Å². The zero-order valence-corrected chi connectivity index (χ0v) is 19.0. The van der Waals surface area contributed by atoms with Crippen molar-refractivity contribution >= 4 is 44.1 Å². The van der Waals surface area contributed by atoms with Gasteiger partial charge in [0.2, 0.25) is 21.8 Å². The van der Waals surface area contributed by atoms with E-state index >= 15 is 0 Å². The number of carbonyl (C=O) groups is 2. The van der Waals surface area contributed by atoms with E-state index in [0.717, 1.165) is 0 Å². The van der Waals surface area contributed by atoms with Crippen LogP contribution in [0.15, 0.2) is 63.7 Å². The first-order valence-electron chi connectivity index (χ1n) is 10.6. The lowest BCUT2D eigenvalue weighted by Gasteiger charge is -2.29. The van der Waals surface area contributed by atoms with Crippen LogP contribution < -0.4 is 10.5 Å². The zero-order valence-electron chi connectivity index (χ0n) is 18.1. The molecule has 12 heteroatoms. The summed E-state index contributed by atoms with van der Waals surface area (Å²) >= 11 is 0. The number of amides is 2. The summed E-state index contributed by atoms with van der Waals surface area (Å²) in [4.78, 5) is 29.5. The van der Waals surface area contributed by atoms with Crippen LogP contribution in [0.4, 0.5) is 11.4 Å². The molecule has 0 aliphatic carbocycles. The van der Waals surface area contributed by atoms with Gasteiger partial charge in [0.1, 0.15) is 0 Å². The third-order valence-corrected chi connectivity index (χ3v) is 6.61. The Bertz CT molecular complexity index is 1340. The largest absolute Gasteiger partial charge is 0.493 e. The molecule has 0 radical (unpaired) electrons. The second-order valence-corrected chi connectivity index (χ2v) is 9.64. The number of piperidine rings is 1. The molecule has 1 fully saturated rings. The highest BCUT2D eigenvalue weighted by molar-refractivity contribution is 7.89. The van der Waals surface area contributed by atoms with Crippen molar-refractivity contribution in [3.05, 3.63) is 48.5 Å². The summed E-state index contributed by atoms with van der Waals surface area (Å²) in [6.45, 7) is 1.23. The number of primary sulfonamides is 1. The fourth-order valence-electron chi connectivity index (χ4n) is 3.86. The maximum absolute atomic E-state index is 12.5. The zero-order chi connectivity index (χ0) is 24.3. The van der Waals surface area contributed by atoms with Crippen LogP contribution in [0.2, 0.25) is 0 Å². The Morgan fingerprint density at radius 3 is 2.47 bits per heavy atom. The molecular weight excluding hydrogens is 460 g/mol. The van der Waals surface area contributed by atoms with E-state index < -0.39 is 10.0 Å². The average Bonchev–Trinajstić information content (AvgIpc) is 3.12. The van der Waals surface area contributed by atoms with Gasteiger partial charge < -0.3 is 15.4 Å². The number of para-hydroxylation sites is 1. The number of nitrogens with zero attached hydrogens (tertiary/aromatic N) is 3. The van der Waals surface area contributed by atoms with Crippen molar-refractivity contribution < 1.29 is 23.1 Å². The number of nitrogens with one attached hydrogen (secondary N) is 2. The summed E-state index contributed by atoms with van der Waals surface area (Å²) in [6, 6.07) is 12.8. The molecule has 2 amide bonds. The predicted octanol–water partition coefficient (Wildman–Crippen LogP) is 2.48. The number of aromatic nitrogens is 1. The quantitative estimate of drug-likeness (QED) is 0.392. The van der Waals surface area contributed by atoms with Gasteiger partial charge in [-0.25, -0.2) is 13.6 Å². The van der Waals surface area contributed by atoms with Crippen molar-refractivity contribution in [2.75, 3.05) is 25.0 Å². The molecule has 0 saturated carbocycles. The molecule has 11 nitrogen and oxygen atoms in total. The van der Waals surface area contributed by atoms with Crippen molar-refractivity contribution in [2.24, 2.45) is 21.3 Å². The van der Waals surface area contributed by atoms with E-state index in [2.05, 4.69) is 20.5 Å². The minimum Gasteiger partial charge on any atom is -0.493 e. The molecule has 1 aliphatic heterocycles. The van der Waals surface area contributed by atoms with E-state index in [9.17, 15) is 23.1 Å². The topological polar surface area (TPSA) is 170 Å². The fraction of sp³-hybridized carbons (Fsp3) is 0.273. The van der Waals surface area contributed by atoms with Gasteiger partial charge >= 0.3 is 0 Å². The standard InChI is InChI=1S/C22H24N6O5S/c23-34(32,33)16-7-5-15(6-8-16)24-19(29)13-28-11-9-14(10-12-28)21(30)27-26-20-17-3-1-2-4-18(17)25-22(20)31/h1-8,14,25,31H,9-13H2,(H,24,29)(H2,23,32,33). The van der Waals surface area contributed by atoms with Crippen LogP contribution in [0.3, 0.4) is 0 Å². The summed E-state index contributed by atoms with van der Waals surface area (Å²) in [5.41, 5.74) is 1.40. The van der Waals surface area contributed by atoms with Crippen molar-refractivity contribution in [1.29, 1.82) is 0 Å². The van der Waals surface area contributed by atoms with Gasteiger partial charge in [-0.3, -0.25) is 14.5 Å². The number of rotatable bonds is 6. The molecule has 4 rings (SSSR count). The number of sulfonamides is 1. The Labute approximate surface area is 195 Å². The molecule has 0 atom stereocenters. The molecule has 0 bridgehead atoms. The monoisotopic (exact) mass is 484 g/mol. The second-order valence-electron chi connectivity index (χ2n) is 8.07. The minimum absolute atomic E-state index is 0.0331. The first kappa shape index (κ1) is 23.5. The number of hydrogen-bond donors (Lipinski definition) is 4. The van der Waals surface area contributed by atoms with Gasteiger partial charge in [-0.1, -0.05) is 18.2 Å². The summed E-state index contributed by atoms with van der Waals surface area (Å²) in [5, 5.41) is 26.3. The maximum Gasteiger partial charge on any atom is 0.267 e. The number of anilines is 1. The van der Waals surface area contributed by atoms with E-state index in [-0.39, 0.29) is 40.7 Å². The number of likely N-dealkylation sites (tertiary alicyclic amines) is 1. The first-order valence-corrected chi connectivity index (χ1v) is 12.2. The normalized spacial score (nSPS) is 15.7. The summed E-state index contributed by atoms with van der Waals surface area (Å²) in [6.07, 6.45) is 1.07. The molecule has 178 valence electrons. The van der Waals surface area contributed by atoms with Gasteiger partial charge in [0, 0.05) is 17.0 Å². The van der Waals surface area contributed by atoms with E-state index in [1.807, 2.05) is 17.0 Å². The number of aromatic hydroxyl groups is 1. The van der Waals surface area contributed by atoms with Crippen molar-refractivity contribution in [3.63, 3.8) is 0 Å². The third kappa shape index (κ3) is 5.47. The van der Waals surface area contributed by atoms with Crippen LogP contribution in [0.25, 0.3) is 10.9 Å². The number of carbonyl (C=O) groups excluding carboxylic acids is 2. The minimum atomic E-state index is -3.79. The molecule has 1 saturated heterocycles. The van der Waals surface area contributed by atoms with Crippen LogP contribution in [0, 0.1) is 5.92 Å². The predicted molar refractivity (Wildman–Crippen MR) is 125 cm³/mol. The second kappa shape index (κ2) is 9.71. The number of nitrogens with two attached hydrogens (primary N) is 1. The smallest absolute Gasteiger partial charge is 0.267 e. The van der Waals surface area contributed by atoms with E-state index in [1.54, 1.807) is 12.1 Å². The van der Waals surface area contributed by atoms with Crippen LogP contribution in [-0.4, -0.2) is 54.9 Å². The Kier molecular flexibility index (Phi) is 6.72. The van der Waals surface area contributed by atoms with E-state index in [1.165, 1.54) is 24.3 Å². The Morgan fingerprint density at radius 2 is 1.79 bits per heavy atom. The number of hydrogen-bond acceptors (Lipinski definition) is 7. The van der Waals surface area contributed by atoms with Gasteiger partial charge in [-0.2, -0.15) is 0 Å². The van der Waals surface area contributed by atoms with Crippen LogP contribution in [0.5, 0.6) is 5.88 Å². The first-order chi connectivity index (χ1) is 16.2. The highest BCUT2D eigenvalue weighted by Crippen LogP contribution is 2.35. The molecule has 2 aromatic carbocycles. The number of aromatic amines is 1. The SMILES string of the molecule is NS(=O)(=O)c1ccc(NC(=O)CN2CCC(C(=O)N=Nc3c(O)[nH]c4ccccc34)CC2)cc1. The lowest BCUT2D eigenvalue weighted by molar-refractivity contribution is -0.123. The highest BCUT2D eigenvalue weighted by Gasteiger charge is 2.26. The van der Waals surface area contributed by atoms with Crippen LogP contribution in [-0.2, 0) is 19.6 Å². The summed E-state index contributed by atoms with van der Waals surface area (Å²) < 4.78 is 22.6. The average molecular weight is 485 g/mol. The van der Waals surface area contributed by atoms with Gasteiger partial charge in [0.15, 0.2) is 5.69 Å². The molecule has 5 N–H and O–H groups in total. The number of azo groups is 1.